The zero-order valence-electron chi connectivity index (χ0n) is 11.2. The van der Waals surface area contributed by atoms with Gasteiger partial charge < -0.3 is 10.2 Å². The first-order chi connectivity index (χ1) is 9.35. The number of aliphatic hydroxyl groups excluding tert-OH is 2. The minimum atomic E-state index is -0.114. The molecule has 0 aromatic heterocycles. The number of nitrogens with zero attached hydrogens (tertiary/aromatic N) is 1. The Morgan fingerprint density at radius 1 is 1.21 bits per heavy atom. The summed E-state index contributed by atoms with van der Waals surface area (Å²) in [6, 6.07) is 8.63. The molecule has 0 radical (unpaired) electrons. The quantitative estimate of drug-likeness (QED) is 0.785. The number of benzene rings is 1. The second-order valence-electron chi connectivity index (χ2n) is 4.90. The third-order valence-corrected chi connectivity index (χ3v) is 3.67. The van der Waals surface area contributed by atoms with Crippen molar-refractivity contribution in [1.82, 2.24) is 4.90 Å². The number of hydrogen-bond donors (Lipinski definition) is 2. The summed E-state index contributed by atoms with van der Waals surface area (Å²) >= 11 is 0. The lowest BCUT2D eigenvalue weighted by Gasteiger charge is -2.37. The summed E-state index contributed by atoms with van der Waals surface area (Å²) < 4.78 is 0. The highest BCUT2D eigenvalue weighted by Gasteiger charge is 2.24. The summed E-state index contributed by atoms with van der Waals surface area (Å²) in [5.74, 6) is 5.70. The molecule has 1 fully saturated rings. The van der Waals surface area contributed by atoms with Gasteiger partial charge in [0.15, 0.2) is 0 Å². The van der Waals surface area contributed by atoms with Crippen molar-refractivity contribution in [1.29, 1.82) is 0 Å². The molecule has 0 saturated heterocycles. The highest BCUT2D eigenvalue weighted by atomic mass is 16.3. The van der Waals surface area contributed by atoms with Crippen LogP contribution in [0.2, 0.25) is 0 Å². The minimum Gasteiger partial charge on any atom is -0.395 e. The highest BCUT2D eigenvalue weighted by molar-refractivity contribution is 5.41. The van der Waals surface area contributed by atoms with E-state index in [0.29, 0.717) is 12.6 Å². The third-order valence-electron chi connectivity index (χ3n) is 3.67. The van der Waals surface area contributed by atoms with E-state index in [0.717, 1.165) is 12.1 Å². The Morgan fingerprint density at radius 2 is 2.00 bits per heavy atom. The summed E-state index contributed by atoms with van der Waals surface area (Å²) in [5, 5.41) is 18.0. The lowest BCUT2D eigenvalue weighted by atomic mass is 9.91. The Kier molecular flexibility index (Phi) is 5.41. The lowest BCUT2D eigenvalue weighted by molar-refractivity contribution is 0.0945. The van der Waals surface area contributed by atoms with Crippen molar-refractivity contribution in [3.05, 3.63) is 35.4 Å². The Morgan fingerprint density at radius 3 is 2.63 bits per heavy atom. The molecule has 102 valence electrons. The van der Waals surface area contributed by atoms with Crippen LogP contribution in [0, 0.1) is 11.8 Å². The second kappa shape index (κ2) is 7.30. The molecule has 2 N–H and O–H groups in total. The van der Waals surface area contributed by atoms with Crippen LogP contribution in [0.15, 0.2) is 24.3 Å². The third kappa shape index (κ3) is 3.81. The van der Waals surface area contributed by atoms with Crippen molar-refractivity contribution in [3.8, 4) is 11.8 Å². The van der Waals surface area contributed by atoms with E-state index >= 15 is 0 Å². The molecule has 0 spiro atoms. The first-order valence-corrected chi connectivity index (χ1v) is 6.87. The van der Waals surface area contributed by atoms with E-state index in [-0.39, 0.29) is 13.2 Å². The smallest absolute Gasteiger partial charge is 0.104 e. The van der Waals surface area contributed by atoms with Crippen LogP contribution in [0.3, 0.4) is 0 Å². The van der Waals surface area contributed by atoms with Crippen molar-refractivity contribution < 1.29 is 10.2 Å². The minimum absolute atomic E-state index is 0.114. The summed E-state index contributed by atoms with van der Waals surface area (Å²) in [6.45, 7) is 1.62. The lowest BCUT2D eigenvalue weighted by Crippen LogP contribution is -2.41. The van der Waals surface area contributed by atoms with Gasteiger partial charge in [-0.2, -0.15) is 0 Å². The largest absolute Gasteiger partial charge is 0.395 e. The molecule has 3 nitrogen and oxygen atoms in total. The maximum atomic E-state index is 9.19. The Hall–Kier alpha value is -1.34. The monoisotopic (exact) mass is 259 g/mol. The van der Waals surface area contributed by atoms with Crippen molar-refractivity contribution >= 4 is 0 Å². The van der Waals surface area contributed by atoms with Crippen molar-refractivity contribution in [2.75, 3.05) is 19.8 Å². The standard InChI is InChI=1S/C16H21NO2/c18-11-4-7-14-5-1-2-6-15(14)13-17(10-12-19)16-8-3-9-16/h1-2,5-6,16,18-19H,3,8-13H2. The first-order valence-electron chi connectivity index (χ1n) is 6.87. The normalized spacial score (nSPS) is 14.9. The van der Waals surface area contributed by atoms with Gasteiger partial charge in [0.05, 0.1) is 6.61 Å². The molecule has 0 unspecified atom stereocenters. The van der Waals surface area contributed by atoms with Gasteiger partial charge in [0.25, 0.3) is 0 Å². The first kappa shape index (κ1) is 14.1. The molecule has 0 heterocycles. The molecular weight excluding hydrogens is 238 g/mol. The molecule has 1 aromatic rings. The average Bonchev–Trinajstić information content (AvgIpc) is 2.36. The van der Waals surface area contributed by atoms with E-state index in [9.17, 15) is 5.11 Å². The maximum Gasteiger partial charge on any atom is 0.104 e. The maximum absolute atomic E-state index is 9.19. The predicted molar refractivity (Wildman–Crippen MR) is 75.5 cm³/mol. The molecule has 2 rings (SSSR count). The number of aliphatic hydroxyl groups is 2. The van der Waals surface area contributed by atoms with Gasteiger partial charge in [-0.25, -0.2) is 0 Å². The molecule has 1 saturated carbocycles. The van der Waals surface area contributed by atoms with E-state index in [1.165, 1.54) is 24.8 Å². The summed E-state index contributed by atoms with van der Waals surface area (Å²) in [6.07, 6.45) is 3.74. The van der Waals surface area contributed by atoms with Crippen LogP contribution in [-0.4, -0.2) is 40.9 Å². The fraction of sp³-hybridized carbons (Fsp3) is 0.500. The van der Waals surface area contributed by atoms with Gasteiger partial charge in [0.1, 0.15) is 6.61 Å². The predicted octanol–water partition coefficient (Wildman–Crippen LogP) is 1.38. The molecule has 0 amide bonds. The molecule has 0 bridgehead atoms. The van der Waals surface area contributed by atoms with Gasteiger partial charge >= 0.3 is 0 Å². The SMILES string of the molecule is OCC#Cc1ccccc1CN(CCO)C1CCC1. The zero-order valence-corrected chi connectivity index (χ0v) is 11.2. The molecule has 1 aliphatic carbocycles. The van der Waals surface area contributed by atoms with Crippen LogP contribution in [0.4, 0.5) is 0 Å². The molecular formula is C16H21NO2. The topological polar surface area (TPSA) is 43.7 Å². The molecule has 19 heavy (non-hydrogen) atoms. The van der Waals surface area contributed by atoms with Gasteiger partial charge in [-0.1, -0.05) is 36.5 Å². The molecule has 3 heteroatoms. The molecule has 1 aliphatic rings. The summed E-state index contributed by atoms with van der Waals surface area (Å²) in [4.78, 5) is 2.34. The number of hydrogen-bond acceptors (Lipinski definition) is 3. The van der Waals surface area contributed by atoms with Gasteiger partial charge in [0, 0.05) is 24.7 Å². The van der Waals surface area contributed by atoms with Gasteiger partial charge in [-0.05, 0) is 24.5 Å². The molecule has 0 atom stereocenters. The van der Waals surface area contributed by atoms with E-state index in [4.69, 9.17) is 5.11 Å². The Labute approximate surface area is 114 Å². The van der Waals surface area contributed by atoms with E-state index in [1.807, 2.05) is 18.2 Å². The summed E-state index contributed by atoms with van der Waals surface area (Å²) in [7, 11) is 0. The van der Waals surface area contributed by atoms with Gasteiger partial charge in [0.2, 0.25) is 0 Å². The van der Waals surface area contributed by atoms with Crippen LogP contribution < -0.4 is 0 Å². The van der Waals surface area contributed by atoms with Crippen LogP contribution in [-0.2, 0) is 6.54 Å². The van der Waals surface area contributed by atoms with Crippen LogP contribution in [0.1, 0.15) is 30.4 Å². The van der Waals surface area contributed by atoms with Crippen molar-refractivity contribution in [3.63, 3.8) is 0 Å². The Balaban J connectivity index is 2.11. The van der Waals surface area contributed by atoms with Gasteiger partial charge in [-0.3, -0.25) is 4.90 Å². The Bertz CT molecular complexity index is 457. The van der Waals surface area contributed by atoms with E-state index < -0.39 is 0 Å². The molecule has 1 aromatic carbocycles. The summed E-state index contributed by atoms with van der Waals surface area (Å²) in [5.41, 5.74) is 2.14. The van der Waals surface area contributed by atoms with Crippen LogP contribution in [0.5, 0.6) is 0 Å². The molecule has 0 aliphatic heterocycles. The van der Waals surface area contributed by atoms with Crippen LogP contribution in [0.25, 0.3) is 0 Å². The van der Waals surface area contributed by atoms with E-state index in [2.05, 4.69) is 22.8 Å². The fourth-order valence-electron chi connectivity index (χ4n) is 2.40. The van der Waals surface area contributed by atoms with E-state index in [1.54, 1.807) is 0 Å². The van der Waals surface area contributed by atoms with Gasteiger partial charge in [-0.15, -0.1) is 0 Å². The van der Waals surface area contributed by atoms with Crippen molar-refractivity contribution in [2.24, 2.45) is 0 Å². The van der Waals surface area contributed by atoms with Crippen molar-refractivity contribution in [2.45, 2.75) is 31.8 Å². The van der Waals surface area contributed by atoms with Crippen LogP contribution >= 0.6 is 0 Å². The fourth-order valence-corrected chi connectivity index (χ4v) is 2.40. The second-order valence-corrected chi connectivity index (χ2v) is 4.90. The zero-order chi connectivity index (χ0) is 13.5. The number of rotatable bonds is 5. The highest BCUT2D eigenvalue weighted by Crippen LogP contribution is 2.26. The average molecular weight is 259 g/mol.